The lowest BCUT2D eigenvalue weighted by Crippen LogP contribution is -2.77. The summed E-state index contributed by atoms with van der Waals surface area (Å²) in [5.74, 6) is 1.17. The first-order valence-corrected chi connectivity index (χ1v) is 51.2. The fourth-order valence-corrected chi connectivity index (χ4v) is 30.8. The standard InChI is InChI=1S/3C43H28N6/c1-25-38(27-23-28-11-7-9-21-44(28)24-27)26(2)49-43-39-35(46-33-14-5-3-12-29(33)31-18-20-36(48(25)49)40(43)41(31)46)19-17-32-30-13-4-6-15-34(30)47(42(32)39)37-16-8-10-22-45(37)43;1-25-38(27-23-28-11-7-8-21-44(28)24-27)26(2)49-43-39-35(17-9-18-37(39)48(25)49)46-33-15-5-3-12-29(33)31-19-20-36(40(43)41(31)46)47-34-16-6-4-13-30(34)32-14-10-22-45(43)42(32)47;1-25-38(27-23-28-11-7-8-21-44(28)24-27)26(2)49-43-39-35(46-33-15-5-3-12-29(33)31-19-20-37(48(25)49)40(43)41(31)46)17-9-18-36(39)47-34-16-6-4-13-30(34)32-14-10-22-45(43)42(32)47/h3*3-24H,1-2H3/q3*+2. The number of hydrogen-bond donors (Lipinski definition) is 0. The topological polar surface area (TPSA) is 80.9 Å². The Bertz CT molecular complexity index is 11300. The zero-order valence-electron chi connectivity index (χ0n) is 80.7. The van der Waals surface area contributed by atoms with Crippen molar-refractivity contribution in [1.29, 1.82) is 0 Å². The van der Waals surface area contributed by atoms with Gasteiger partial charge >= 0.3 is 28.3 Å². The Morgan fingerprint density at radius 1 is 0.211 bits per heavy atom. The lowest BCUT2D eigenvalue weighted by Gasteiger charge is -2.33. The summed E-state index contributed by atoms with van der Waals surface area (Å²) in [5, 5.41) is 15.4. The van der Waals surface area contributed by atoms with E-state index in [0.29, 0.717) is 0 Å². The van der Waals surface area contributed by atoms with Gasteiger partial charge in [-0.25, -0.2) is 0 Å². The Kier molecular flexibility index (Phi) is 13.3. The van der Waals surface area contributed by atoms with E-state index >= 15 is 0 Å². The SMILES string of the molecule is Cc1c(-c2cc3ccccn3c2)c(C)[n+]2n1-c1ccc3c4ccccc4n4c3c1C21c2c-4ccc3c4ccccc4n(c23)-c2cccc[n+]21.Cc1c(-c2cc3ccccn3c2)c(C)[n+]2n1-c1ccc3c4ccccc4n4c3c1C21c2c-4cccc2-n2c3ccccc3c3ccc[n+]1c32.Cc1c(-c2cc3ccccn3c2)c(C)[n+]2n1-c1cccc3c1C21c2c(ccc4c5ccccc5n-3c24)-n2c3ccccc3c3ccc[n+]1c32. The summed E-state index contributed by atoms with van der Waals surface area (Å²) in [4.78, 5) is 0. The number of nitrogens with zero attached hydrogens (tertiary/aromatic N) is 18. The largest absolute Gasteiger partial charge is 0.394 e. The monoisotopic (exact) mass is 1880 g/mol. The molecule has 12 aromatic carbocycles. The third-order valence-electron chi connectivity index (χ3n) is 35.6. The fraction of sp³-hybridized carbons (Fsp3) is 0.0698. The maximum atomic E-state index is 2.63. The maximum Gasteiger partial charge on any atom is 0.394 e. The second-order valence-electron chi connectivity index (χ2n) is 41.9. The van der Waals surface area contributed by atoms with Crippen molar-refractivity contribution in [2.24, 2.45) is 0 Å². The molecular weight excluding hydrogens is 1800 g/mol. The van der Waals surface area contributed by atoms with Crippen LogP contribution in [0.1, 0.15) is 67.5 Å². The van der Waals surface area contributed by atoms with Crippen LogP contribution in [-0.4, -0.2) is 54.7 Å². The molecule has 0 fully saturated rings. The lowest BCUT2D eigenvalue weighted by molar-refractivity contribution is -0.995. The number of pyridine rings is 6. The van der Waals surface area contributed by atoms with Gasteiger partial charge in [-0.3, -0.25) is 0 Å². The molecule has 18 aromatic heterocycles. The third kappa shape index (κ3) is 8.20. The quantitative estimate of drug-likeness (QED) is 0.158. The summed E-state index contributed by atoms with van der Waals surface area (Å²) < 4.78 is 45.2. The smallest absolute Gasteiger partial charge is 0.323 e. The van der Waals surface area contributed by atoms with Crippen LogP contribution in [-0.2, 0) is 17.0 Å². The predicted octanol–water partition coefficient (Wildman–Crippen LogP) is 24.1. The van der Waals surface area contributed by atoms with Gasteiger partial charge in [-0.05, 0) is 233 Å². The summed E-state index contributed by atoms with van der Waals surface area (Å²) in [6.45, 7) is 13.9. The van der Waals surface area contributed by atoms with Crippen molar-refractivity contribution in [3.05, 3.63) is 469 Å². The van der Waals surface area contributed by atoms with Crippen LogP contribution in [0.5, 0.6) is 0 Å². The van der Waals surface area contributed by atoms with E-state index in [1.54, 1.807) is 0 Å². The van der Waals surface area contributed by atoms with Crippen LogP contribution in [0.3, 0.4) is 0 Å². The van der Waals surface area contributed by atoms with E-state index in [1.807, 2.05) is 0 Å². The zero-order valence-corrected chi connectivity index (χ0v) is 80.7. The van der Waals surface area contributed by atoms with Gasteiger partial charge in [0, 0.05) is 151 Å². The minimum Gasteiger partial charge on any atom is -0.323 e. The van der Waals surface area contributed by atoms with E-state index in [-0.39, 0.29) is 0 Å². The van der Waals surface area contributed by atoms with Crippen molar-refractivity contribution in [1.82, 2.24) is 54.7 Å². The third-order valence-corrected chi connectivity index (χ3v) is 35.6. The molecule has 3 unspecified atom stereocenters. The van der Waals surface area contributed by atoms with E-state index in [9.17, 15) is 0 Å². The van der Waals surface area contributed by atoms with E-state index in [0.717, 1.165) is 0 Å². The number of aromatic nitrogens is 18. The molecule has 18 heteroatoms. The van der Waals surface area contributed by atoms with Crippen LogP contribution < -0.4 is 27.7 Å². The van der Waals surface area contributed by atoms with Crippen LogP contribution in [0.25, 0.3) is 232 Å². The second kappa shape index (κ2) is 25.4. The number of benzene rings is 12. The van der Waals surface area contributed by atoms with E-state index in [1.165, 1.54) is 300 Å². The minimum absolute atomic E-state index is 0.665. The zero-order chi connectivity index (χ0) is 95.7. The van der Waals surface area contributed by atoms with Gasteiger partial charge in [0.15, 0.2) is 16.9 Å². The van der Waals surface area contributed by atoms with Crippen LogP contribution >= 0.6 is 0 Å². The van der Waals surface area contributed by atoms with Crippen molar-refractivity contribution in [3.8, 4) is 84.7 Å². The molecule has 147 heavy (non-hydrogen) atoms. The summed E-state index contributed by atoms with van der Waals surface area (Å²) in [6, 6.07) is 128. The van der Waals surface area contributed by atoms with E-state index < -0.39 is 17.0 Å². The van der Waals surface area contributed by atoms with Crippen LogP contribution in [0.4, 0.5) is 0 Å². The molecule has 27 heterocycles. The van der Waals surface area contributed by atoms with Crippen LogP contribution in [0.15, 0.2) is 402 Å². The Balaban J connectivity index is 0.0000000899. The molecule has 684 valence electrons. The number of rotatable bonds is 3. The summed E-state index contributed by atoms with van der Waals surface area (Å²) in [7, 11) is 0. The molecule has 0 N–H and O–H groups in total. The van der Waals surface area contributed by atoms with Gasteiger partial charge in [-0.2, -0.15) is 27.4 Å². The van der Waals surface area contributed by atoms with Gasteiger partial charge in [0.05, 0.1) is 113 Å². The van der Waals surface area contributed by atoms with Gasteiger partial charge in [0.25, 0.3) is 5.82 Å². The van der Waals surface area contributed by atoms with Gasteiger partial charge in [0.2, 0.25) is 17.1 Å². The Hall–Kier alpha value is -19.2. The normalized spacial score (nSPS) is 16.4. The summed E-state index contributed by atoms with van der Waals surface area (Å²) in [6.07, 6.45) is 20.3. The molecule has 18 nitrogen and oxygen atoms in total. The minimum atomic E-state index is -0.665. The molecule has 9 aliphatic heterocycles. The number of hydrogen-bond acceptors (Lipinski definition) is 0. The molecule has 0 saturated heterocycles. The molecule has 30 aromatic rings. The summed E-state index contributed by atoms with van der Waals surface area (Å²) >= 11 is 0. The van der Waals surface area contributed by atoms with Gasteiger partial charge in [-0.15, -0.1) is 14.0 Å². The highest BCUT2D eigenvalue weighted by atomic mass is 15.6. The Morgan fingerprint density at radius 2 is 0.490 bits per heavy atom. The van der Waals surface area contributed by atoms with Gasteiger partial charge < -0.3 is 26.9 Å². The molecule has 3 atom stereocenters. The van der Waals surface area contributed by atoms with Crippen molar-refractivity contribution in [2.45, 2.75) is 58.5 Å². The van der Waals surface area contributed by atoms with Crippen molar-refractivity contribution < 1.29 is 27.7 Å². The molecular formula is C129H84N18+6. The molecule has 0 saturated carbocycles. The molecule has 3 spiro atoms. The molecule has 39 rings (SSSR count). The molecule has 0 bridgehead atoms. The second-order valence-corrected chi connectivity index (χ2v) is 41.9. The molecule has 9 aliphatic rings. The fourth-order valence-electron chi connectivity index (χ4n) is 30.8. The first-order chi connectivity index (χ1) is 72.5. The Labute approximate surface area is 836 Å². The highest BCUT2D eigenvalue weighted by molar-refractivity contribution is 6.19. The number of para-hydroxylation sites is 6. The summed E-state index contributed by atoms with van der Waals surface area (Å²) in [5.41, 5.74) is 49.5. The van der Waals surface area contributed by atoms with Crippen molar-refractivity contribution in [3.63, 3.8) is 0 Å². The van der Waals surface area contributed by atoms with Crippen molar-refractivity contribution in [2.75, 3.05) is 0 Å². The van der Waals surface area contributed by atoms with Crippen LogP contribution in [0.2, 0.25) is 0 Å². The average molecular weight is 1890 g/mol. The van der Waals surface area contributed by atoms with Crippen LogP contribution in [0, 0.1) is 41.5 Å². The van der Waals surface area contributed by atoms with E-state index in [2.05, 4.69) is 525 Å². The molecule has 0 radical (unpaired) electrons. The first kappa shape index (κ1) is 76.6. The maximum absolute atomic E-state index is 2.63. The number of fused-ring (bicyclic) bond motifs is 34. The van der Waals surface area contributed by atoms with E-state index in [4.69, 9.17) is 0 Å². The predicted molar refractivity (Wildman–Crippen MR) is 577 cm³/mol. The highest BCUT2D eigenvalue weighted by Gasteiger charge is 2.74. The van der Waals surface area contributed by atoms with Crippen molar-refractivity contribution >= 4 is 148 Å². The molecule has 0 aliphatic carbocycles. The Morgan fingerprint density at radius 3 is 0.884 bits per heavy atom. The highest BCUT2D eigenvalue weighted by Crippen LogP contribution is 2.61. The van der Waals surface area contributed by atoms with Gasteiger partial charge in [-0.1, -0.05) is 141 Å². The first-order valence-electron chi connectivity index (χ1n) is 51.2. The lowest BCUT2D eigenvalue weighted by atomic mass is 9.82. The van der Waals surface area contributed by atoms with Gasteiger partial charge in [0.1, 0.15) is 67.0 Å². The average Bonchev–Trinajstić information content (AvgIpc) is 1.47. The molecule has 0 amide bonds.